The molecule has 0 aliphatic carbocycles. The van der Waals surface area contributed by atoms with E-state index in [1.165, 1.54) is 16.4 Å². The van der Waals surface area contributed by atoms with Crippen molar-refractivity contribution in [3.8, 4) is 0 Å². The lowest BCUT2D eigenvalue weighted by molar-refractivity contribution is 0.278. The average Bonchev–Trinajstić information content (AvgIpc) is 2.52. The number of benzene rings is 1. The molecule has 25 heavy (non-hydrogen) atoms. The largest absolute Gasteiger partial charge is 0.279 e. The molecule has 0 bridgehead atoms. The first-order valence-electron chi connectivity index (χ1n) is 8.46. The Kier molecular flexibility index (Phi) is 6.61. The van der Waals surface area contributed by atoms with E-state index < -0.39 is 20.2 Å². The lowest BCUT2D eigenvalue weighted by Gasteiger charge is -2.30. The Morgan fingerprint density at radius 3 is 2.60 bits per heavy atom. The van der Waals surface area contributed by atoms with E-state index in [0.29, 0.717) is 24.6 Å². The minimum absolute atomic E-state index is 0.0538. The van der Waals surface area contributed by atoms with Crippen molar-refractivity contribution in [2.45, 2.75) is 51.1 Å². The first kappa shape index (κ1) is 20.3. The van der Waals surface area contributed by atoms with E-state index >= 15 is 0 Å². The molecule has 0 spiro atoms. The normalized spacial score (nSPS) is 20.1. The zero-order valence-corrected chi connectivity index (χ0v) is 16.5. The molecule has 0 amide bonds. The van der Waals surface area contributed by atoms with Crippen LogP contribution < -0.4 is 9.44 Å². The zero-order valence-electron chi connectivity index (χ0n) is 14.9. The van der Waals surface area contributed by atoms with E-state index in [0.717, 1.165) is 12.8 Å². The van der Waals surface area contributed by atoms with Gasteiger partial charge >= 0.3 is 0 Å². The third-order valence-corrected chi connectivity index (χ3v) is 7.19. The summed E-state index contributed by atoms with van der Waals surface area (Å²) in [6, 6.07) is 6.09. The van der Waals surface area contributed by atoms with Gasteiger partial charge in [-0.05, 0) is 50.3 Å². The molecule has 9 heteroatoms. The van der Waals surface area contributed by atoms with Gasteiger partial charge in [0.05, 0.1) is 4.90 Å². The molecular weight excluding hydrogens is 362 g/mol. The fourth-order valence-corrected chi connectivity index (χ4v) is 5.50. The molecule has 7 nitrogen and oxygen atoms in total. The van der Waals surface area contributed by atoms with Crippen molar-refractivity contribution in [1.82, 2.24) is 13.7 Å². The standard InChI is InChI=1S/C16H27N3O4S2/c1-13(2)18-24(20,21)16-8-4-7-15(10-16)11-17-25(22,23)19-9-5-6-14(3)12-19/h4,7-8,10,13-14,17-18H,5-6,9,11-12H2,1-3H3. The van der Waals surface area contributed by atoms with E-state index in [2.05, 4.69) is 9.44 Å². The number of nitrogens with zero attached hydrogens (tertiary/aromatic N) is 1. The molecule has 142 valence electrons. The van der Waals surface area contributed by atoms with Crippen molar-refractivity contribution >= 4 is 20.2 Å². The second-order valence-electron chi connectivity index (χ2n) is 6.85. The Balaban J connectivity index is 2.07. The van der Waals surface area contributed by atoms with Gasteiger partial charge in [-0.1, -0.05) is 19.1 Å². The van der Waals surface area contributed by atoms with Crippen LogP contribution >= 0.6 is 0 Å². The van der Waals surface area contributed by atoms with Gasteiger partial charge in [-0.2, -0.15) is 17.4 Å². The fraction of sp³-hybridized carbons (Fsp3) is 0.625. The summed E-state index contributed by atoms with van der Waals surface area (Å²) in [5.41, 5.74) is 0.597. The average molecular weight is 390 g/mol. The summed E-state index contributed by atoms with van der Waals surface area (Å²) in [4.78, 5) is 0.129. The van der Waals surface area contributed by atoms with Crippen LogP contribution in [0.5, 0.6) is 0 Å². The molecule has 1 fully saturated rings. The summed E-state index contributed by atoms with van der Waals surface area (Å²) in [5.74, 6) is 0.348. The van der Waals surface area contributed by atoms with Crippen molar-refractivity contribution in [1.29, 1.82) is 0 Å². The molecule has 2 N–H and O–H groups in total. The highest BCUT2D eigenvalue weighted by Crippen LogP contribution is 2.18. The van der Waals surface area contributed by atoms with Gasteiger partial charge in [-0.25, -0.2) is 13.1 Å². The molecule has 0 saturated carbocycles. The van der Waals surface area contributed by atoms with Gasteiger partial charge in [0.25, 0.3) is 10.2 Å². The van der Waals surface area contributed by atoms with Gasteiger partial charge in [0.2, 0.25) is 10.0 Å². The molecule has 1 aromatic carbocycles. The highest BCUT2D eigenvalue weighted by molar-refractivity contribution is 7.89. The Labute approximate surface area is 151 Å². The first-order valence-corrected chi connectivity index (χ1v) is 11.4. The molecule has 1 aliphatic rings. The molecule has 1 saturated heterocycles. The predicted octanol–water partition coefficient (Wildman–Crippen LogP) is 1.44. The number of piperidine rings is 1. The summed E-state index contributed by atoms with van der Waals surface area (Å²) in [7, 11) is -7.16. The maximum atomic E-state index is 12.4. The van der Waals surface area contributed by atoms with Crippen LogP contribution in [0.1, 0.15) is 39.2 Å². The highest BCUT2D eigenvalue weighted by Gasteiger charge is 2.26. The van der Waals surface area contributed by atoms with E-state index in [-0.39, 0.29) is 17.5 Å². The van der Waals surface area contributed by atoms with Gasteiger partial charge in [-0.3, -0.25) is 0 Å². The quantitative estimate of drug-likeness (QED) is 0.738. The van der Waals surface area contributed by atoms with E-state index in [4.69, 9.17) is 0 Å². The SMILES string of the molecule is CC1CCCN(S(=O)(=O)NCc2cccc(S(=O)(=O)NC(C)C)c2)C1. The third-order valence-electron chi connectivity index (χ3n) is 4.02. The summed E-state index contributed by atoms with van der Waals surface area (Å²) in [6.45, 7) is 6.62. The summed E-state index contributed by atoms with van der Waals surface area (Å²) in [5, 5.41) is 0. The molecule has 1 unspecified atom stereocenters. The Morgan fingerprint density at radius 2 is 1.96 bits per heavy atom. The minimum atomic E-state index is -3.60. The van der Waals surface area contributed by atoms with Crippen LogP contribution in [0.3, 0.4) is 0 Å². The highest BCUT2D eigenvalue weighted by atomic mass is 32.2. The van der Waals surface area contributed by atoms with Gasteiger partial charge in [0.1, 0.15) is 0 Å². The number of hydrogen-bond donors (Lipinski definition) is 2. The van der Waals surface area contributed by atoms with Crippen molar-refractivity contribution < 1.29 is 16.8 Å². The van der Waals surface area contributed by atoms with Gasteiger partial charge < -0.3 is 0 Å². The van der Waals surface area contributed by atoms with Crippen LogP contribution in [0.25, 0.3) is 0 Å². The van der Waals surface area contributed by atoms with Crippen molar-refractivity contribution in [3.63, 3.8) is 0 Å². The Morgan fingerprint density at radius 1 is 1.24 bits per heavy atom. The van der Waals surface area contributed by atoms with Crippen LogP contribution in [0.2, 0.25) is 0 Å². The minimum Gasteiger partial charge on any atom is -0.209 e. The summed E-state index contributed by atoms with van der Waals surface area (Å²) < 4.78 is 55.8. The molecule has 0 radical (unpaired) electrons. The molecule has 2 rings (SSSR count). The second kappa shape index (κ2) is 8.13. The van der Waals surface area contributed by atoms with Crippen molar-refractivity contribution in [2.24, 2.45) is 5.92 Å². The molecule has 1 aromatic rings. The third kappa shape index (κ3) is 5.75. The maximum Gasteiger partial charge on any atom is 0.279 e. The molecule has 1 heterocycles. The van der Waals surface area contributed by atoms with Gasteiger partial charge in [0, 0.05) is 25.7 Å². The summed E-state index contributed by atoms with van der Waals surface area (Å²) >= 11 is 0. The van der Waals surface area contributed by atoms with Gasteiger partial charge in [-0.15, -0.1) is 0 Å². The first-order chi connectivity index (χ1) is 11.6. The molecule has 1 aliphatic heterocycles. The monoisotopic (exact) mass is 389 g/mol. The number of hydrogen-bond acceptors (Lipinski definition) is 4. The topological polar surface area (TPSA) is 95.6 Å². The van der Waals surface area contributed by atoms with E-state index in [9.17, 15) is 16.8 Å². The smallest absolute Gasteiger partial charge is 0.209 e. The zero-order chi connectivity index (χ0) is 18.7. The molecule has 1 atom stereocenters. The molecule has 0 aromatic heterocycles. The fourth-order valence-electron chi connectivity index (χ4n) is 2.83. The van der Waals surface area contributed by atoms with E-state index in [1.54, 1.807) is 26.0 Å². The van der Waals surface area contributed by atoms with Crippen molar-refractivity contribution in [3.05, 3.63) is 29.8 Å². The number of nitrogens with one attached hydrogen (secondary N) is 2. The Hall–Kier alpha value is -1.00. The Bertz CT molecular complexity index is 791. The van der Waals surface area contributed by atoms with Crippen LogP contribution in [0.15, 0.2) is 29.2 Å². The maximum absolute atomic E-state index is 12.4. The van der Waals surface area contributed by atoms with Crippen molar-refractivity contribution in [2.75, 3.05) is 13.1 Å². The van der Waals surface area contributed by atoms with E-state index in [1.807, 2.05) is 6.92 Å². The number of rotatable bonds is 7. The van der Waals surface area contributed by atoms with Crippen LogP contribution in [-0.4, -0.2) is 40.3 Å². The lowest BCUT2D eigenvalue weighted by Crippen LogP contribution is -2.45. The van der Waals surface area contributed by atoms with Crippen LogP contribution in [0.4, 0.5) is 0 Å². The summed E-state index contributed by atoms with van der Waals surface area (Å²) in [6.07, 6.45) is 1.89. The second-order valence-corrected chi connectivity index (χ2v) is 10.3. The predicted molar refractivity (Wildman–Crippen MR) is 97.6 cm³/mol. The number of sulfonamides is 1. The van der Waals surface area contributed by atoms with Crippen LogP contribution in [-0.2, 0) is 26.8 Å². The van der Waals surface area contributed by atoms with Gasteiger partial charge in [0.15, 0.2) is 0 Å². The van der Waals surface area contributed by atoms with Crippen LogP contribution in [0, 0.1) is 5.92 Å². The lowest BCUT2D eigenvalue weighted by atomic mass is 10.0. The molecular formula is C16H27N3O4S2.